The van der Waals surface area contributed by atoms with Gasteiger partial charge in [0.1, 0.15) is 0 Å². The summed E-state index contributed by atoms with van der Waals surface area (Å²) in [6, 6.07) is 9.64. The maximum absolute atomic E-state index is 13.6. The summed E-state index contributed by atoms with van der Waals surface area (Å²) in [7, 11) is 0. The van der Waals surface area contributed by atoms with Crippen LogP contribution in [0.5, 0.6) is 0 Å². The van der Waals surface area contributed by atoms with Crippen molar-refractivity contribution in [1.29, 1.82) is 0 Å². The zero-order valence-electron chi connectivity index (χ0n) is 15.3. The van der Waals surface area contributed by atoms with Gasteiger partial charge in [-0.2, -0.15) is 0 Å². The molecule has 0 bridgehead atoms. The van der Waals surface area contributed by atoms with E-state index in [4.69, 9.17) is 0 Å². The van der Waals surface area contributed by atoms with Gasteiger partial charge < -0.3 is 15.5 Å². The number of hydrogen-bond donors (Lipinski definition) is 2. The number of benzene rings is 2. The van der Waals surface area contributed by atoms with E-state index in [9.17, 15) is 22.8 Å². The van der Waals surface area contributed by atoms with E-state index in [0.29, 0.717) is 6.07 Å². The fraction of sp³-hybridized carbons (Fsp3) is 0.300. The van der Waals surface area contributed by atoms with E-state index in [1.807, 2.05) is 36.1 Å². The number of fused-ring (bicyclic) bond motifs is 1. The summed E-state index contributed by atoms with van der Waals surface area (Å²) in [5.41, 5.74) is 1.67. The third-order valence-corrected chi connectivity index (χ3v) is 4.73. The standard InChI is InChI=1S/C20H20F3N3O2/c1-12-6-7-13-4-2-3-5-16(13)26(12)11-18(28)24-10-17(27)25-15-9-8-14(21)19(22)20(15)23/h2-5,8-9,12H,6-7,10-11H2,1H3,(H,24,28)(H,25,27). The molecule has 0 aliphatic carbocycles. The topological polar surface area (TPSA) is 61.4 Å². The molecule has 2 N–H and O–H groups in total. The van der Waals surface area contributed by atoms with Gasteiger partial charge >= 0.3 is 0 Å². The van der Waals surface area contributed by atoms with Crippen molar-refractivity contribution in [3.63, 3.8) is 0 Å². The van der Waals surface area contributed by atoms with Crippen LogP contribution in [0, 0.1) is 17.5 Å². The number of halogens is 3. The molecule has 1 atom stereocenters. The first kappa shape index (κ1) is 19.7. The molecular formula is C20H20F3N3O2. The summed E-state index contributed by atoms with van der Waals surface area (Å²) >= 11 is 0. The Labute approximate surface area is 160 Å². The third-order valence-electron chi connectivity index (χ3n) is 4.73. The number of anilines is 2. The minimum atomic E-state index is -1.67. The van der Waals surface area contributed by atoms with E-state index < -0.39 is 35.6 Å². The second-order valence-electron chi connectivity index (χ2n) is 6.69. The van der Waals surface area contributed by atoms with Crippen molar-refractivity contribution in [2.45, 2.75) is 25.8 Å². The fourth-order valence-electron chi connectivity index (χ4n) is 3.21. The fourth-order valence-corrected chi connectivity index (χ4v) is 3.21. The van der Waals surface area contributed by atoms with Crippen molar-refractivity contribution in [3.05, 3.63) is 59.4 Å². The number of aryl methyl sites for hydroxylation is 1. The van der Waals surface area contributed by atoms with Gasteiger partial charge in [-0.15, -0.1) is 0 Å². The minimum absolute atomic E-state index is 0.0744. The molecule has 28 heavy (non-hydrogen) atoms. The first-order chi connectivity index (χ1) is 13.4. The average Bonchev–Trinajstić information content (AvgIpc) is 2.69. The lowest BCUT2D eigenvalue weighted by atomic mass is 9.97. The maximum Gasteiger partial charge on any atom is 0.243 e. The van der Waals surface area contributed by atoms with Crippen molar-refractivity contribution >= 4 is 23.2 Å². The van der Waals surface area contributed by atoms with Crippen LogP contribution in [0.15, 0.2) is 36.4 Å². The van der Waals surface area contributed by atoms with Crippen molar-refractivity contribution < 1.29 is 22.8 Å². The minimum Gasteiger partial charge on any atom is -0.359 e. The van der Waals surface area contributed by atoms with Gasteiger partial charge in [0, 0.05) is 11.7 Å². The van der Waals surface area contributed by atoms with Gasteiger partial charge in [0.25, 0.3) is 0 Å². The molecule has 148 valence electrons. The van der Waals surface area contributed by atoms with Crippen molar-refractivity contribution in [2.24, 2.45) is 0 Å². The number of carbonyl (C=O) groups excluding carboxylic acids is 2. The molecule has 0 fully saturated rings. The number of para-hydroxylation sites is 1. The predicted molar refractivity (Wildman–Crippen MR) is 99.5 cm³/mol. The highest BCUT2D eigenvalue weighted by molar-refractivity contribution is 5.95. The zero-order chi connectivity index (χ0) is 20.3. The summed E-state index contributed by atoms with van der Waals surface area (Å²) in [5.74, 6) is -5.62. The van der Waals surface area contributed by atoms with Crippen LogP contribution in [0.3, 0.4) is 0 Å². The van der Waals surface area contributed by atoms with Crippen LogP contribution in [-0.2, 0) is 16.0 Å². The molecule has 0 radical (unpaired) electrons. The van der Waals surface area contributed by atoms with Crippen LogP contribution < -0.4 is 15.5 Å². The van der Waals surface area contributed by atoms with Crippen molar-refractivity contribution in [3.8, 4) is 0 Å². The van der Waals surface area contributed by atoms with Crippen molar-refractivity contribution in [1.82, 2.24) is 5.32 Å². The molecule has 0 saturated carbocycles. The van der Waals surface area contributed by atoms with Crippen LogP contribution in [0.25, 0.3) is 0 Å². The molecule has 1 unspecified atom stereocenters. The van der Waals surface area contributed by atoms with Crippen LogP contribution in [0.4, 0.5) is 24.5 Å². The number of carbonyl (C=O) groups is 2. The lowest BCUT2D eigenvalue weighted by molar-refractivity contribution is -0.123. The van der Waals surface area contributed by atoms with E-state index in [1.54, 1.807) is 0 Å². The number of hydrogen-bond acceptors (Lipinski definition) is 3. The number of nitrogens with zero attached hydrogens (tertiary/aromatic N) is 1. The second kappa shape index (κ2) is 8.33. The number of amides is 2. The molecule has 2 amide bonds. The lowest BCUT2D eigenvalue weighted by Crippen LogP contribution is -2.45. The summed E-state index contributed by atoms with van der Waals surface area (Å²) in [6.45, 7) is 1.69. The smallest absolute Gasteiger partial charge is 0.243 e. The molecule has 3 rings (SSSR count). The second-order valence-corrected chi connectivity index (χ2v) is 6.69. The van der Waals surface area contributed by atoms with Gasteiger partial charge in [-0.25, -0.2) is 13.2 Å². The van der Waals surface area contributed by atoms with E-state index >= 15 is 0 Å². The zero-order valence-corrected chi connectivity index (χ0v) is 15.3. The van der Waals surface area contributed by atoms with Crippen molar-refractivity contribution in [2.75, 3.05) is 23.3 Å². The summed E-state index contributed by atoms with van der Waals surface area (Å²) in [4.78, 5) is 26.1. The Morgan fingerprint density at radius 2 is 1.82 bits per heavy atom. The maximum atomic E-state index is 13.6. The summed E-state index contributed by atoms with van der Waals surface area (Å²) < 4.78 is 39.7. The monoisotopic (exact) mass is 391 g/mol. The van der Waals surface area contributed by atoms with Gasteiger partial charge in [0.05, 0.1) is 18.8 Å². The normalized spacial score (nSPS) is 15.7. The number of nitrogens with one attached hydrogen (secondary N) is 2. The van der Waals surface area contributed by atoms with E-state index in [0.717, 1.165) is 24.6 Å². The Hall–Kier alpha value is -3.03. The highest BCUT2D eigenvalue weighted by Gasteiger charge is 2.24. The molecule has 0 spiro atoms. The lowest BCUT2D eigenvalue weighted by Gasteiger charge is -2.36. The molecule has 1 aliphatic rings. The Bertz CT molecular complexity index is 904. The average molecular weight is 391 g/mol. The van der Waals surface area contributed by atoms with Gasteiger partial charge in [0.2, 0.25) is 11.8 Å². The first-order valence-electron chi connectivity index (χ1n) is 8.91. The highest BCUT2D eigenvalue weighted by Crippen LogP contribution is 2.29. The van der Waals surface area contributed by atoms with Gasteiger partial charge in [-0.3, -0.25) is 9.59 Å². The summed E-state index contributed by atoms with van der Waals surface area (Å²) in [6.07, 6.45) is 1.86. The Morgan fingerprint density at radius 3 is 2.61 bits per heavy atom. The molecular weight excluding hydrogens is 371 g/mol. The molecule has 0 aromatic heterocycles. The van der Waals surface area contributed by atoms with Crippen LogP contribution >= 0.6 is 0 Å². The predicted octanol–water partition coefficient (Wildman–Crippen LogP) is 3.00. The SMILES string of the molecule is CC1CCc2ccccc2N1CC(=O)NCC(=O)Nc1ccc(F)c(F)c1F. The van der Waals surface area contributed by atoms with E-state index in [1.165, 1.54) is 5.56 Å². The number of rotatable bonds is 5. The highest BCUT2D eigenvalue weighted by atomic mass is 19.2. The molecule has 2 aromatic rings. The molecule has 8 heteroatoms. The molecule has 1 heterocycles. The van der Waals surface area contributed by atoms with Gasteiger partial charge in [0.15, 0.2) is 17.5 Å². The van der Waals surface area contributed by atoms with Crippen LogP contribution in [0.2, 0.25) is 0 Å². The molecule has 2 aromatic carbocycles. The van der Waals surface area contributed by atoms with E-state index in [2.05, 4.69) is 10.6 Å². The quantitative estimate of drug-likeness (QED) is 0.771. The summed E-state index contributed by atoms with van der Waals surface area (Å²) in [5, 5.41) is 4.58. The third kappa shape index (κ3) is 4.27. The molecule has 5 nitrogen and oxygen atoms in total. The van der Waals surface area contributed by atoms with Gasteiger partial charge in [-0.05, 0) is 43.5 Å². The van der Waals surface area contributed by atoms with E-state index in [-0.39, 0.29) is 18.5 Å². The van der Waals surface area contributed by atoms with Crippen LogP contribution in [-0.4, -0.2) is 30.9 Å². The van der Waals surface area contributed by atoms with Crippen LogP contribution in [0.1, 0.15) is 18.9 Å². The largest absolute Gasteiger partial charge is 0.359 e. The van der Waals surface area contributed by atoms with Gasteiger partial charge in [-0.1, -0.05) is 18.2 Å². The first-order valence-corrected chi connectivity index (χ1v) is 8.91. The molecule has 1 aliphatic heterocycles. The molecule has 0 saturated heterocycles. The Balaban J connectivity index is 1.56. The Morgan fingerprint density at radius 1 is 1.07 bits per heavy atom. The Kier molecular flexibility index (Phi) is 5.87.